The lowest BCUT2D eigenvalue weighted by atomic mass is 9.88. The Labute approximate surface area is 183 Å². The van der Waals surface area contributed by atoms with E-state index >= 15 is 0 Å². The zero-order valence-corrected chi connectivity index (χ0v) is 16.9. The van der Waals surface area contributed by atoms with Crippen LogP contribution < -0.4 is 5.32 Å². The molecule has 4 nitrogen and oxygen atoms in total. The maximum atomic E-state index is 13.6. The molecule has 0 aliphatic rings. The van der Waals surface area contributed by atoms with Crippen molar-refractivity contribution < 1.29 is 18.0 Å². The Morgan fingerprint density at radius 2 is 1.34 bits per heavy atom. The Morgan fingerprint density at radius 1 is 0.844 bits per heavy atom. The van der Waals surface area contributed by atoms with Gasteiger partial charge in [-0.3, -0.25) is 9.89 Å². The van der Waals surface area contributed by atoms with E-state index in [2.05, 4.69) is 10.4 Å². The summed E-state index contributed by atoms with van der Waals surface area (Å²) in [6.45, 7) is 0. The van der Waals surface area contributed by atoms with Crippen LogP contribution in [0.2, 0.25) is 0 Å². The van der Waals surface area contributed by atoms with E-state index in [0.717, 1.165) is 11.1 Å². The molecule has 0 aliphatic heterocycles. The normalized spacial score (nSPS) is 11.5. The Kier molecular flexibility index (Phi) is 6.07. The van der Waals surface area contributed by atoms with Crippen LogP contribution in [0.15, 0.2) is 91.0 Å². The summed E-state index contributed by atoms with van der Waals surface area (Å²) in [5, 5.41) is 8.41. The predicted molar refractivity (Wildman–Crippen MR) is 117 cm³/mol. The number of amides is 1. The molecule has 0 atom stereocenters. The number of hydrogen-bond acceptors (Lipinski definition) is 2. The van der Waals surface area contributed by atoms with Gasteiger partial charge in [-0.15, -0.1) is 0 Å². The summed E-state index contributed by atoms with van der Waals surface area (Å²) in [5.41, 5.74) is 1.01. The van der Waals surface area contributed by atoms with E-state index in [4.69, 9.17) is 0 Å². The largest absolute Gasteiger partial charge is 0.433 e. The van der Waals surface area contributed by atoms with Gasteiger partial charge in [0.1, 0.15) is 5.69 Å². The van der Waals surface area contributed by atoms with Crippen molar-refractivity contribution in [2.45, 2.75) is 18.5 Å². The topological polar surface area (TPSA) is 57.8 Å². The van der Waals surface area contributed by atoms with Gasteiger partial charge in [-0.05, 0) is 16.7 Å². The molecule has 162 valence electrons. The summed E-state index contributed by atoms with van der Waals surface area (Å²) in [7, 11) is 0. The van der Waals surface area contributed by atoms with Gasteiger partial charge in [0.25, 0.3) is 0 Å². The number of nitrogens with zero attached hydrogens (tertiary/aromatic N) is 1. The number of aromatic nitrogens is 2. The summed E-state index contributed by atoms with van der Waals surface area (Å²) in [6, 6.07) is 27.1. The molecule has 1 aromatic heterocycles. The number of benzene rings is 3. The van der Waals surface area contributed by atoms with Gasteiger partial charge >= 0.3 is 6.18 Å². The van der Waals surface area contributed by atoms with Crippen LogP contribution in [0.1, 0.15) is 29.2 Å². The van der Waals surface area contributed by atoms with Gasteiger partial charge in [0.05, 0.1) is 5.56 Å². The molecule has 0 aliphatic carbocycles. The lowest BCUT2D eigenvalue weighted by molar-refractivity contribution is -0.140. The third-order valence-electron chi connectivity index (χ3n) is 5.16. The summed E-state index contributed by atoms with van der Waals surface area (Å²) in [5.74, 6) is -0.827. The van der Waals surface area contributed by atoms with Gasteiger partial charge in [-0.1, -0.05) is 91.0 Å². The van der Waals surface area contributed by atoms with Gasteiger partial charge in [-0.25, -0.2) is 0 Å². The number of rotatable bonds is 6. The zero-order valence-electron chi connectivity index (χ0n) is 16.9. The minimum absolute atomic E-state index is 0.0521. The Morgan fingerprint density at radius 3 is 1.84 bits per heavy atom. The van der Waals surface area contributed by atoms with Crippen molar-refractivity contribution >= 4 is 11.7 Å². The van der Waals surface area contributed by atoms with Crippen LogP contribution in [-0.4, -0.2) is 16.1 Å². The smallest absolute Gasteiger partial charge is 0.309 e. The van der Waals surface area contributed by atoms with Gasteiger partial charge < -0.3 is 5.32 Å². The number of H-pyrrole nitrogens is 1. The predicted octanol–water partition coefficient (Wildman–Crippen LogP) is 6.26. The third-order valence-corrected chi connectivity index (χ3v) is 5.16. The van der Waals surface area contributed by atoms with E-state index in [1.54, 1.807) is 30.3 Å². The molecule has 32 heavy (non-hydrogen) atoms. The standard InChI is InChI=1S/C25H20F3N3O/c26-25(27,28)23-22(19-14-8-3-9-15-19)24(31-30-23)29-21(32)16-20(17-10-4-1-5-11-17)18-12-6-2-7-13-18/h1-15,20H,16H2,(H2,29,30,31,32). The van der Waals surface area contributed by atoms with Crippen LogP contribution in [0.4, 0.5) is 19.0 Å². The van der Waals surface area contributed by atoms with Crippen LogP contribution in [0, 0.1) is 0 Å². The molecular formula is C25H20F3N3O. The molecule has 4 rings (SSSR count). The lowest BCUT2D eigenvalue weighted by Gasteiger charge is -2.18. The highest BCUT2D eigenvalue weighted by molar-refractivity contribution is 5.95. The van der Waals surface area contributed by atoms with Crippen molar-refractivity contribution in [2.24, 2.45) is 0 Å². The molecule has 7 heteroatoms. The minimum atomic E-state index is -4.64. The zero-order chi connectivity index (χ0) is 22.6. The molecule has 0 fully saturated rings. The fourth-order valence-electron chi connectivity index (χ4n) is 3.69. The fraction of sp³-hybridized carbons (Fsp3) is 0.120. The first-order valence-electron chi connectivity index (χ1n) is 10.0. The molecule has 0 unspecified atom stereocenters. The molecule has 0 bridgehead atoms. The number of alkyl halides is 3. The van der Waals surface area contributed by atoms with E-state index in [9.17, 15) is 18.0 Å². The van der Waals surface area contributed by atoms with Gasteiger partial charge in [0.2, 0.25) is 5.91 Å². The van der Waals surface area contributed by atoms with Crippen LogP contribution in [-0.2, 0) is 11.0 Å². The number of halogens is 3. The van der Waals surface area contributed by atoms with E-state index in [1.807, 2.05) is 65.8 Å². The van der Waals surface area contributed by atoms with Crippen LogP contribution in [0.3, 0.4) is 0 Å². The number of hydrogen-bond donors (Lipinski definition) is 2. The van der Waals surface area contributed by atoms with Crippen molar-refractivity contribution in [1.82, 2.24) is 10.2 Å². The SMILES string of the molecule is O=C(CC(c1ccccc1)c1ccccc1)Nc1n[nH]c(C(F)(F)F)c1-c1ccccc1. The Balaban J connectivity index is 1.64. The first-order valence-corrected chi connectivity index (χ1v) is 10.0. The average Bonchev–Trinajstić information content (AvgIpc) is 3.23. The summed E-state index contributed by atoms with van der Waals surface area (Å²) in [4.78, 5) is 13.0. The fourth-order valence-corrected chi connectivity index (χ4v) is 3.69. The third kappa shape index (κ3) is 4.72. The van der Waals surface area contributed by atoms with Crippen LogP contribution in [0.25, 0.3) is 11.1 Å². The van der Waals surface area contributed by atoms with E-state index in [0.29, 0.717) is 5.56 Å². The van der Waals surface area contributed by atoms with Gasteiger partial charge in [0.15, 0.2) is 5.82 Å². The van der Waals surface area contributed by atoms with Crippen LogP contribution in [0.5, 0.6) is 0 Å². The number of nitrogens with one attached hydrogen (secondary N) is 2. The summed E-state index contributed by atoms with van der Waals surface area (Å²) < 4.78 is 40.7. The molecule has 1 heterocycles. The molecule has 0 saturated heterocycles. The second-order valence-electron chi connectivity index (χ2n) is 7.31. The molecule has 0 spiro atoms. The molecule has 0 saturated carbocycles. The maximum Gasteiger partial charge on any atom is 0.433 e. The molecule has 1 amide bonds. The summed E-state index contributed by atoms with van der Waals surface area (Å²) in [6.07, 6.45) is -4.59. The van der Waals surface area contributed by atoms with E-state index in [-0.39, 0.29) is 23.7 Å². The molecule has 0 radical (unpaired) electrons. The van der Waals surface area contributed by atoms with Crippen LogP contribution >= 0.6 is 0 Å². The maximum absolute atomic E-state index is 13.6. The average molecular weight is 435 g/mol. The second-order valence-corrected chi connectivity index (χ2v) is 7.31. The molecular weight excluding hydrogens is 415 g/mol. The highest BCUT2D eigenvalue weighted by Crippen LogP contribution is 2.39. The van der Waals surface area contributed by atoms with Crippen molar-refractivity contribution in [3.63, 3.8) is 0 Å². The van der Waals surface area contributed by atoms with Gasteiger partial charge in [0, 0.05) is 12.3 Å². The number of carbonyl (C=O) groups is 1. The first-order chi connectivity index (χ1) is 15.4. The number of anilines is 1. The number of carbonyl (C=O) groups excluding carboxylic acids is 1. The highest BCUT2D eigenvalue weighted by atomic mass is 19.4. The quantitative estimate of drug-likeness (QED) is 0.376. The van der Waals surface area contributed by atoms with Crippen molar-refractivity contribution in [2.75, 3.05) is 5.32 Å². The van der Waals surface area contributed by atoms with Gasteiger partial charge in [-0.2, -0.15) is 18.3 Å². The number of aromatic amines is 1. The van der Waals surface area contributed by atoms with Crippen molar-refractivity contribution in [1.29, 1.82) is 0 Å². The second kappa shape index (κ2) is 9.09. The van der Waals surface area contributed by atoms with Crippen molar-refractivity contribution in [3.05, 3.63) is 108 Å². The Hall–Kier alpha value is -3.87. The minimum Gasteiger partial charge on any atom is -0.309 e. The monoisotopic (exact) mass is 435 g/mol. The lowest BCUT2D eigenvalue weighted by Crippen LogP contribution is -2.17. The summed E-state index contributed by atoms with van der Waals surface area (Å²) >= 11 is 0. The first kappa shape index (κ1) is 21.4. The molecule has 3 aromatic carbocycles. The van der Waals surface area contributed by atoms with Crippen molar-refractivity contribution in [3.8, 4) is 11.1 Å². The molecule has 2 N–H and O–H groups in total. The Bertz CT molecular complexity index is 1130. The highest BCUT2D eigenvalue weighted by Gasteiger charge is 2.38. The van der Waals surface area contributed by atoms with E-state index in [1.165, 1.54) is 0 Å². The van der Waals surface area contributed by atoms with E-state index < -0.39 is 17.8 Å². The molecule has 4 aromatic rings.